The van der Waals surface area contributed by atoms with Crippen molar-refractivity contribution < 1.29 is 14.3 Å². The summed E-state index contributed by atoms with van der Waals surface area (Å²) in [7, 11) is 1.54. The second-order valence-electron chi connectivity index (χ2n) is 4.38. The van der Waals surface area contributed by atoms with Crippen molar-refractivity contribution in [3.05, 3.63) is 52.0 Å². The van der Waals surface area contributed by atoms with Crippen LogP contribution in [0.5, 0.6) is 11.5 Å². The minimum atomic E-state index is -0.287. The van der Waals surface area contributed by atoms with Crippen LogP contribution >= 0.6 is 23.2 Å². The molecule has 4 nitrogen and oxygen atoms in total. The first-order valence-corrected chi connectivity index (χ1v) is 7.38. The summed E-state index contributed by atoms with van der Waals surface area (Å²) in [6.45, 7) is 2.42. The van der Waals surface area contributed by atoms with Crippen LogP contribution in [-0.4, -0.2) is 19.6 Å². The molecule has 0 bridgehead atoms. The van der Waals surface area contributed by atoms with Gasteiger partial charge in [0.15, 0.2) is 11.5 Å². The highest BCUT2D eigenvalue weighted by Gasteiger charge is 2.11. The average molecular weight is 340 g/mol. The molecule has 22 heavy (non-hydrogen) atoms. The smallest absolute Gasteiger partial charge is 0.255 e. The van der Waals surface area contributed by atoms with Gasteiger partial charge in [-0.05, 0) is 37.3 Å². The van der Waals surface area contributed by atoms with E-state index in [4.69, 9.17) is 32.7 Å². The van der Waals surface area contributed by atoms with E-state index in [9.17, 15) is 4.79 Å². The van der Waals surface area contributed by atoms with Gasteiger partial charge in [-0.25, -0.2) is 0 Å². The number of anilines is 1. The van der Waals surface area contributed by atoms with E-state index in [1.54, 1.807) is 37.4 Å². The molecule has 6 heteroatoms. The third kappa shape index (κ3) is 3.84. The summed E-state index contributed by atoms with van der Waals surface area (Å²) in [6, 6.07) is 9.88. The number of benzene rings is 2. The molecular formula is C16H15Cl2NO3. The fourth-order valence-corrected chi connectivity index (χ4v) is 2.16. The van der Waals surface area contributed by atoms with E-state index in [-0.39, 0.29) is 5.91 Å². The number of carbonyl (C=O) groups excluding carboxylic acids is 1. The third-order valence-corrected chi connectivity index (χ3v) is 3.64. The average Bonchev–Trinajstić information content (AvgIpc) is 2.51. The molecule has 0 fully saturated rings. The molecule has 2 aromatic rings. The van der Waals surface area contributed by atoms with Crippen LogP contribution in [0.2, 0.25) is 10.0 Å². The maximum atomic E-state index is 12.2. The van der Waals surface area contributed by atoms with Gasteiger partial charge in [0.2, 0.25) is 0 Å². The monoisotopic (exact) mass is 339 g/mol. The molecule has 0 aromatic heterocycles. The number of ether oxygens (including phenoxy) is 2. The number of carbonyl (C=O) groups is 1. The van der Waals surface area contributed by atoms with E-state index in [1.807, 2.05) is 6.92 Å². The standard InChI is InChI=1S/C16H15Cl2NO3/c1-3-22-14-7-5-11(9-15(14)21-2)19-16(20)10-4-6-12(17)13(18)8-10/h4-9H,3H2,1-2H3,(H,19,20). The Bertz CT molecular complexity index is 689. The molecule has 0 atom stereocenters. The van der Waals surface area contributed by atoms with Gasteiger partial charge in [-0.1, -0.05) is 23.2 Å². The van der Waals surface area contributed by atoms with Crippen molar-refractivity contribution in [2.75, 3.05) is 19.0 Å². The van der Waals surface area contributed by atoms with Crippen LogP contribution in [0.25, 0.3) is 0 Å². The second-order valence-corrected chi connectivity index (χ2v) is 5.20. The van der Waals surface area contributed by atoms with Gasteiger partial charge >= 0.3 is 0 Å². The summed E-state index contributed by atoms with van der Waals surface area (Å²) < 4.78 is 10.7. The molecule has 0 aliphatic heterocycles. The number of hydrogen-bond acceptors (Lipinski definition) is 3. The van der Waals surface area contributed by atoms with Gasteiger partial charge in [0.1, 0.15) is 0 Å². The zero-order chi connectivity index (χ0) is 16.1. The summed E-state index contributed by atoms with van der Waals surface area (Å²) >= 11 is 11.8. The van der Waals surface area contributed by atoms with Gasteiger partial charge in [0.05, 0.1) is 23.8 Å². The first kappa shape index (κ1) is 16.5. The normalized spacial score (nSPS) is 10.2. The van der Waals surface area contributed by atoms with Gasteiger partial charge in [0.25, 0.3) is 5.91 Å². The molecule has 0 unspecified atom stereocenters. The fraction of sp³-hybridized carbons (Fsp3) is 0.188. The molecule has 0 aliphatic carbocycles. The Morgan fingerprint density at radius 1 is 1.09 bits per heavy atom. The summed E-state index contributed by atoms with van der Waals surface area (Å²) in [5.41, 5.74) is 1.01. The van der Waals surface area contributed by atoms with Crippen molar-refractivity contribution in [3.63, 3.8) is 0 Å². The van der Waals surface area contributed by atoms with Crippen LogP contribution < -0.4 is 14.8 Å². The van der Waals surface area contributed by atoms with Crippen LogP contribution in [-0.2, 0) is 0 Å². The third-order valence-electron chi connectivity index (χ3n) is 2.90. The van der Waals surface area contributed by atoms with E-state index < -0.39 is 0 Å². The minimum absolute atomic E-state index is 0.287. The Kier molecular flexibility index (Phi) is 5.52. The predicted molar refractivity (Wildman–Crippen MR) is 88.6 cm³/mol. The SMILES string of the molecule is CCOc1ccc(NC(=O)c2ccc(Cl)c(Cl)c2)cc1OC. The zero-order valence-electron chi connectivity index (χ0n) is 12.2. The van der Waals surface area contributed by atoms with Crippen molar-refractivity contribution >= 4 is 34.8 Å². The van der Waals surface area contributed by atoms with Crippen LogP contribution in [0.15, 0.2) is 36.4 Å². The Morgan fingerprint density at radius 3 is 2.50 bits per heavy atom. The molecule has 2 rings (SSSR count). The highest BCUT2D eigenvalue weighted by atomic mass is 35.5. The first-order chi connectivity index (χ1) is 10.5. The van der Waals surface area contributed by atoms with Gasteiger partial charge < -0.3 is 14.8 Å². The van der Waals surface area contributed by atoms with E-state index in [0.29, 0.717) is 39.4 Å². The van der Waals surface area contributed by atoms with Gasteiger partial charge in [0, 0.05) is 17.3 Å². The maximum Gasteiger partial charge on any atom is 0.255 e. The van der Waals surface area contributed by atoms with Crippen molar-refractivity contribution in [1.82, 2.24) is 0 Å². The summed E-state index contributed by atoms with van der Waals surface area (Å²) in [4.78, 5) is 12.2. The van der Waals surface area contributed by atoms with Crippen molar-refractivity contribution in [2.24, 2.45) is 0 Å². The summed E-state index contributed by atoms with van der Waals surface area (Å²) in [5, 5.41) is 3.51. The zero-order valence-corrected chi connectivity index (χ0v) is 13.7. The lowest BCUT2D eigenvalue weighted by molar-refractivity contribution is 0.102. The quantitative estimate of drug-likeness (QED) is 0.862. The molecule has 2 aromatic carbocycles. The molecule has 0 heterocycles. The molecular weight excluding hydrogens is 325 g/mol. The molecule has 0 saturated heterocycles. The molecule has 0 saturated carbocycles. The Morgan fingerprint density at radius 2 is 1.86 bits per heavy atom. The Hall–Kier alpha value is -1.91. The molecule has 116 valence electrons. The van der Waals surface area contributed by atoms with Crippen LogP contribution in [0.1, 0.15) is 17.3 Å². The summed E-state index contributed by atoms with van der Waals surface area (Å²) in [6.07, 6.45) is 0. The Balaban J connectivity index is 2.19. The Labute approximate surface area is 138 Å². The largest absolute Gasteiger partial charge is 0.493 e. The highest BCUT2D eigenvalue weighted by molar-refractivity contribution is 6.42. The number of amides is 1. The minimum Gasteiger partial charge on any atom is -0.493 e. The highest BCUT2D eigenvalue weighted by Crippen LogP contribution is 2.30. The first-order valence-electron chi connectivity index (χ1n) is 6.62. The van der Waals surface area contributed by atoms with E-state index >= 15 is 0 Å². The van der Waals surface area contributed by atoms with E-state index in [2.05, 4.69) is 5.32 Å². The summed E-state index contributed by atoms with van der Waals surface area (Å²) in [5.74, 6) is 0.885. The van der Waals surface area contributed by atoms with Crippen molar-refractivity contribution in [1.29, 1.82) is 0 Å². The molecule has 1 amide bonds. The lowest BCUT2D eigenvalue weighted by Crippen LogP contribution is -2.12. The maximum absolute atomic E-state index is 12.2. The van der Waals surface area contributed by atoms with E-state index in [0.717, 1.165) is 0 Å². The predicted octanol–water partition coefficient (Wildman–Crippen LogP) is 4.65. The number of rotatable bonds is 5. The molecule has 0 aliphatic rings. The fourth-order valence-electron chi connectivity index (χ4n) is 1.86. The molecule has 1 N–H and O–H groups in total. The molecule has 0 radical (unpaired) electrons. The van der Waals surface area contributed by atoms with Gasteiger partial charge in [-0.2, -0.15) is 0 Å². The van der Waals surface area contributed by atoms with Crippen LogP contribution in [0.3, 0.4) is 0 Å². The van der Waals surface area contributed by atoms with Gasteiger partial charge in [-0.15, -0.1) is 0 Å². The van der Waals surface area contributed by atoms with Crippen molar-refractivity contribution in [2.45, 2.75) is 6.92 Å². The number of halogens is 2. The molecule has 0 spiro atoms. The second kappa shape index (κ2) is 7.38. The van der Waals surface area contributed by atoms with Crippen molar-refractivity contribution in [3.8, 4) is 11.5 Å². The number of nitrogens with one attached hydrogen (secondary N) is 1. The topological polar surface area (TPSA) is 47.6 Å². The number of hydrogen-bond donors (Lipinski definition) is 1. The van der Waals surface area contributed by atoms with Crippen LogP contribution in [0.4, 0.5) is 5.69 Å². The number of methoxy groups -OCH3 is 1. The van der Waals surface area contributed by atoms with Crippen LogP contribution in [0, 0.1) is 0 Å². The lowest BCUT2D eigenvalue weighted by atomic mass is 10.2. The lowest BCUT2D eigenvalue weighted by Gasteiger charge is -2.12. The van der Waals surface area contributed by atoms with Gasteiger partial charge in [-0.3, -0.25) is 4.79 Å². The van der Waals surface area contributed by atoms with E-state index in [1.165, 1.54) is 6.07 Å².